The predicted octanol–water partition coefficient (Wildman–Crippen LogP) is 1.32. The molecular formula is C15H29N3O. The minimum absolute atomic E-state index is 0.309. The Labute approximate surface area is 117 Å². The number of nitrogens with zero attached hydrogens (tertiary/aromatic N) is 2. The van der Waals surface area contributed by atoms with Crippen molar-refractivity contribution >= 4 is 5.91 Å². The maximum absolute atomic E-state index is 12.1. The van der Waals surface area contributed by atoms with Gasteiger partial charge in [-0.3, -0.25) is 4.79 Å². The van der Waals surface area contributed by atoms with Crippen molar-refractivity contribution in [1.82, 2.24) is 15.1 Å². The average Bonchev–Trinajstić information content (AvgIpc) is 2.89. The first-order valence-corrected chi connectivity index (χ1v) is 7.81. The van der Waals surface area contributed by atoms with E-state index in [9.17, 15) is 4.79 Å². The van der Waals surface area contributed by atoms with Crippen molar-refractivity contribution in [3.05, 3.63) is 0 Å². The van der Waals surface area contributed by atoms with Crippen LogP contribution in [0.5, 0.6) is 0 Å². The average molecular weight is 267 g/mol. The third-order valence-electron chi connectivity index (χ3n) is 4.60. The number of likely N-dealkylation sites (tertiary alicyclic amines) is 1. The van der Waals surface area contributed by atoms with Gasteiger partial charge in [0, 0.05) is 32.6 Å². The van der Waals surface area contributed by atoms with Gasteiger partial charge < -0.3 is 15.1 Å². The Balaban J connectivity index is 1.65. The predicted molar refractivity (Wildman–Crippen MR) is 78.1 cm³/mol. The van der Waals surface area contributed by atoms with Crippen LogP contribution in [0.15, 0.2) is 0 Å². The van der Waals surface area contributed by atoms with E-state index in [2.05, 4.69) is 17.3 Å². The van der Waals surface area contributed by atoms with Crippen molar-refractivity contribution < 1.29 is 4.79 Å². The summed E-state index contributed by atoms with van der Waals surface area (Å²) in [6.45, 7) is 4.44. The molecule has 0 spiro atoms. The minimum atomic E-state index is 0.309. The van der Waals surface area contributed by atoms with Crippen molar-refractivity contribution in [1.29, 1.82) is 0 Å². The summed E-state index contributed by atoms with van der Waals surface area (Å²) in [6.07, 6.45) is 6.86. The number of carbonyl (C=O) groups is 1. The largest absolute Gasteiger partial charge is 0.346 e. The number of amides is 1. The fraction of sp³-hybridized carbons (Fsp3) is 0.933. The number of rotatable bonds is 5. The second-order valence-electron chi connectivity index (χ2n) is 6.37. The van der Waals surface area contributed by atoms with Gasteiger partial charge in [0.05, 0.1) is 0 Å². The maximum Gasteiger partial charge on any atom is 0.223 e. The van der Waals surface area contributed by atoms with E-state index in [0.29, 0.717) is 18.4 Å². The molecule has 2 fully saturated rings. The van der Waals surface area contributed by atoms with Crippen LogP contribution in [0.2, 0.25) is 0 Å². The van der Waals surface area contributed by atoms with Gasteiger partial charge in [-0.2, -0.15) is 0 Å². The van der Waals surface area contributed by atoms with Crippen LogP contribution in [0.3, 0.4) is 0 Å². The highest BCUT2D eigenvalue weighted by Crippen LogP contribution is 2.19. The van der Waals surface area contributed by atoms with E-state index < -0.39 is 0 Å². The van der Waals surface area contributed by atoms with Crippen molar-refractivity contribution in [2.45, 2.75) is 44.6 Å². The van der Waals surface area contributed by atoms with E-state index in [0.717, 1.165) is 31.8 Å². The van der Waals surface area contributed by atoms with Crippen LogP contribution in [0, 0.1) is 5.92 Å². The summed E-state index contributed by atoms with van der Waals surface area (Å²) in [6, 6.07) is 0.427. The zero-order valence-corrected chi connectivity index (χ0v) is 12.5. The van der Waals surface area contributed by atoms with E-state index in [1.807, 2.05) is 11.9 Å². The van der Waals surface area contributed by atoms with Crippen molar-refractivity contribution in [3.63, 3.8) is 0 Å². The summed E-state index contributed by atoms with van der Waals surface area (Å²) < 4.78 is 0. The summed E-state index contributed by atoms with van der Waals surface area (Å²) in [7, 11) is 4.16. The molecule has 2 rings (SSSR count). The fourth-order valence-corrected chi connectivity index (χ4v) is 3.31. The quantitative estimate of drug-likeness (QED) is 0.816. The molecule has 110 valence electrons. The molecule has 0 aromatic carbocycles. The summed E-state index contributed by atoms with van der Waals surface area (Å²) >= 11 is 0. The highest BCUT2D eigenvalue weighted by atomic mass is 16.2. The van der Waals surface area contributed by atoms with Gasteiger partial charge in [-0.15, -0.1) is 0 Å². The lowest BCUT2D eigenvalue weighted by atomic mass is 9.95. The minimum Gasteiger partial charge on any atom is -0.346 e. The van der Waals surface area contributed by atoms with Crippen LogP contribution in [-0.4, -0.2) is 62.0 Å². The molecule has 2 unspecified atom stereocenters. The highest BCUT2D eigenvalue weighted by molar-refractivity contribution is 5.76. The zero-order chi connectivity index (χ0) is 13.7. The molecule has 4 nitrogen and oxygen atoms in total. The van der Waals surface area contributed by atoms with Gasteiger partial charge in [-0.25, -0.2) is 0 Å². The van der Waals surface area contributed by atoms with Gasteiger partial charge in [-0.05, 0) is 58.2 Å². The molecule has 2 aliphatic heterocycles. The lowest BCUT2D eigenvalue weighted by molar-refractivity contribution is -0.130. The SMILES string of the molecule is CN1CCCC(CCN(C)C(=O)CC2CCCN2)C1. The van der Waals surface area contributed by atoms with Crippen molar-refractivity contribution in [2.75, 3.05) is 40.3 Å². The lowest BCUT2D eigenvalue weighted by Crippen LogP contribution is -2.37. The molecule has 2 aliphatic rings. The smallest absolute Gasteiger partial charge is 0.223 e. The summed E-state index contributed by atoms with van der Waals surface area (Å²) in [5, 5.41) is 3.40. The summed E-state index contributed by atoms with van der Waals surface area (Å²) in [4.78, 5) is 16.5. The lowest BCUT2D eigenvalue weighted by Gasteiger charge is -2.31. The molecule has 0 aliphatic carbocycles. The van der Waals surface area contributed by atoms with Crippen molar-refractivity contribution in [3.8, 4) is 0 Å². The van der Waals surface area contributed by atoms with E-state index in [-0.39, 0.29) is 0 Å². The number of hydrogen-bond donors (Lipinski definition) is 1. The molecule has 2 saturated heterocycles. The van der Waals surface area contributed by atoms with Crippen molar-refractivity contribution in [2.24, 2.45) is 5.92 Å². The topological polar surface area (TPSA) is 35.6 Å². The first kappa shape index (κ1) is 14.8. The summed E-state index contributed by atoms with van der Waals surface area (Å²) in [5.74, 6) is 1.09. The first-order chi connectivity index (χ1) is 9.15. The Morgan fingerprint density at radius 1 is 1.37 bits per heavy atom. The monoisotopic (exact) mass is 267 g/mol. The van der Waals surface area contributed by atoms with E-state index >= 15 is 0 Å². The standard InChI is InChI=1S/C15H29N3O/c1-17-9-4-5-13(12-17)7-10-18(2)15(19)11-14-6-3-8-16-14/h13-14,16H,3-12H2,1-2H3. The number of nitrogens with one attached hydrogen (secondary N) is 1. The number of hydrogen-bond acceptors (Lipinski definition) is 3. The van der Waals surface area contributed by atoms with Gasteiger partial charge in [0.15, 0.2) is 0 Å². The third-order valence-corrected chi connectivity index (χ3v) is 4.60. The van der Waals surface area contributed by atoms with Gasteiger partial charge >= 0.3 is 0 Å². The Morgan fingerprint density at radius 3 is 2.89 bits per heavy atom. The number of carbonyl (C=O) groups excluding carboxylic acids is 1. The maximum atomic E-state index is 12.1. The Morgan fingerprint density at radius 2 is 2.21 bits per heavy atom. The van der Waals surface area contributed by atoms with E-state index in [1.165, 1.54) is 32.4 Å². The van der Waals surface area contributed by atoms with Crippen LogP contribution in [-0.2, 0) is 4.79 Å². The van der Waals surface area contributed by atoms with Crippen LogP contribution >= 0.6 is 0 Å². The molecule has 0 saturated carbocycles. The Bertz CT molecular complexity index is 289. The molecule has 1 N–H and O–H groups in total. The zero-order valence-electron chi connectivity index (χ0n) is 12.5. The normalized spacial score (nSPS) is 28.5. The van der Waals surface area contributed by atoms with Gasteiger partial charge in [0.2, 0.25) is 5.91 Å². The molecular weight excluding hydrogens is 238 g/mol. The highest BCUT2D eigenvalue weighted by Gasteiger charge is 2.21. The molecule has 19 heavy (non-hydrogen) atoms. The molecule has 2 heterocycles. The van der Waals surface area contributed by atoms with Gasteiger partial charge in [0.25, 0.3) is 0 Å². The number of piperidine rings is 1. The molecule has 2 atom stereocenters. The molecule has 0 bridgehead atoms. The third kappa shape index (κ3) is 4.77. The van der Waals surface area contributed by atoms with Crippen LogP contribution in [0.25, 0.3) is 0 Å². The molecule has 0 aromatic heterocycles. The summed E-state index contributed by atoms with van der Waals surface area (Å²) in [5.41, 5.74) is 0. The molecule has 4 heteroatoms. The second-order valence-corrected chi connectivity index (χ2v) is 6.37. The molecule has 0 radical (unpaired) electrons. The fourth-order valence-electron chi connectivity index (χ4n) is 3.31. The first-order valence-electron chi connectivity index (χ1n) is 7.81. The molecule has 1 amide bonds. The van der Waals surface area contributed by atoms with Gasteiger partial charge in [0.1, 0.15) is 0 Å². The van der Waals surface area contributed by atoms with Gasteiger partial charge in [-0.1, -0.05) is 0 Å². The Kier molecular flexibility index (Phi) is 5.64. The molecule has 0 aromatic rings. The Hall–Kier alpha value is -0.610. The van der Waals surface area contributed by atoms with E-state index in [1.54, 1.807) is 0 Å². The van der Waals surface area contributed by atoms with E-state index in [4.69, 9.17) is 0 Å². The van der Waals surface area contributed by atoms with Crippen LogP contribution in [0.1, 0.15) is 38.5 Å². The van der Waals surface area contributed by atoms with Crippen LogP contribution in [0.4, 0.5) is 0 Å². The van der Waals surface area contributed by atoms with Crippen LogP contribution < -0.4 is 5.32 Å². The second kappa shape index (κ2) is 7.25.